The van der Waals surface area contributed by atoms with Crippen LogP contribution in [0.1, 0.15) is 15.9 Å². The predicted octanol–water partition coefficient (Wildman–Crippen LogP) is 5.85. The molecule has 0 fully saturated rings. The van der Waals surface area contributed by atoms with Crippen LogP contribution in [-0.4, -0.2) is 16.1 Å². The zero-order valence-corrected chi connectivity index (χ0v) is 14.9. The number of rotatable bonds is 3. The van der Waals surface area contributed by atoms with Crippen molar-refractivity contribution in [1.29, 1.82) is 0 Å². The van der Waals surface area contributed by atoms with Gasteiger partial charge in [0.25, 0.3) is 0 Å². The summed E-state index contributed by atoms with van der Waals surface area (Å²) in [4.78, 5) is 16.3. The van der Waals surface area contributed by atoms with Crippen LogP contribution in [0.25, 0.3) is 33.3 Å². The first-order valence-electron chi connectivity index (χ1n) is 8.64. The van der Waals surface area contributed by atoms with Crippen molar-refractivity contribution in [1.82, 2.24) is 4.98 Å². The first kappa shape index (κ1) is 17.8. The van der Waals surface area contributed by atoms with Crippen LogP contribution < -0.4 is 0 Å². The number of carbonyl (C=O) groups is 1. The van der Waals surface area contributed by atoms with E-state index in [-0.39, 0.29) is 10.9 Å². The minimum atomic E-state index is -1.18. The van der Waals surface area contributed by atoms with Crippen molar-refractivity contribution in [2.24, 2.45) is 0 Å². The van der Waals surface area contributed by atoms with Gasteiger partial charge in [0.05, 0.1) is 16.8 Å². The lowest BCUT2D eigenvalue weighted by atomic mass is 9.96. The number of carboxylic acids is 1. The summed E-state index contributed by atoms with van der Waals surface area (Å²) < 4.78 is 28.4. The molecular weight excluding hydrogens is 360 g/mol. The Morgan fingerprint density at radius 2 is 1.68 bits per heavy atom. The fourth-order valence-corrected chi connectivity index (χ4v) is 3.40. The number of fused-ring (bicyclic) bond motifs is 1. The molecule has 5 heteroatoms. The maximum absolute atomic E-state index is 14.8. The molecule has 1 N–H and O–H groups in total. The second-order valence-electron chi connectivity index (χ2n) is 6.49. The molecule has 3 nitrogen and oxygen atoms in total. The Morgan fingerprint density at radius 3 is 2.36 bits per heavy atom. The number of aromatic carboxylic acids is 1. The van der Waals surface area contributed by atoms with Crippen LogP contribution in [-0.2, 0) is 0 Å². The highest BCUT2D eigenvalue weighted by molar-refractivity contribution is 6.05. The Hall–Kier alpha value is -3.60. The topological polar surface area (TPSA) is 50.2 Å². The van der Waals surface area contributed by atoms with E-state index in [2.05, 4.69) is 4.98 Å². The Kier molecular flexibility index (Phi) is 4.35. The summed E-state index contributed by atoms with van der Waals surface area (Å²) >= 11 is 0. The van der Waals surface area contributed by atoms with Crippen molar-refractivity contribution in [3.8, 4) is 22.4 Å². The van der Waals surface area contributed by atoms with Crippen molar-refractivity contribution in [2.45, 2.75) is 6.92 Å². The number of hydrogen-bond acceptors (Lipinski definition) is 2. The quantitative estimate of drug-likeness (QED) is 0.488. The van der Waals surface area contributed by atoms with Gasteiger partial charge in [0, 0.05) is 16.5 Å². The molecule has 138 valence electrons. The van der Waals surface area contributed by atoms with Crippen LogP contribution in [0.3, 0.4) is 0 Å². The molecule has 1 heterocycles. The zero-order chi connectivity index (χ0) is 19.8. The predicted molar refractivity (Wildman–Crippen MR) is 104 cm³/mol. The fraction of sp³-hybridized carbons (Fsp3) is 0.0435. The van der Waals surface area contributed by atoms with Crippen LogP contribution in [0.5, 0.6) is 0 Å². The largest absolute Gasteiger partial charge is 0.478 e. The molecule has 3 aromatic carbocycles. The van der Waals surface area contributed by atoms with E-state index in [1.165, 1.54) is 18.2 Å². The van der Waals surface area contributed by atoms with Gasteiger partial charge in [0.2, 0.25) is 0 Å². The Bertz CT molecular complexity index is 1220. The van der Waals surface area contributed by atoms with Crippen molar-refractivity contribution in [2.75, 3.05) is 0 Å². The number of nitrogens with zero attached hydrogens (tertiary/aromatic N) is 1. The van der Waals surface area contributed by atoms with Gasteiger partial charge in [-0.15, -0.1) is 0 Å². The number of halogens is 2. The van der Waals surface area contributed by atoms with E-state index in [0.717, 1.165) is 11.6 Å². The van der Waals surface area contributed by atoms with Crippen LogP contribution >= 0.6 is 0 Å². The van der Waals surface area contributed by atoms with Crippen LogP contribution in [0.15, 0.2) is 66.7 Å². The molecule has 1 aromatic heterocycles. The summed E-state index contributed by atoms with van der Waals surface area (Å²) in [6.07, 6.45) is 0. The maximum Gasteiger partial charge on any atom is 0.336 e. The highest BCUT2D eigenvalue weighted by Crippen LogP contribution is 2.32. The average molecular weight is 375 g/mol. The number of benzene rings is 3. The molecule has 0 saturated carbocycles. The van der Waals surface area contributed by atoms with E-state index in [1.54, 1.807) is 19.1 Å². The standard InChI is InChI=1S/C23H15F2NO2/c1-13-21(23(27)28)18-12-16(24)8-10-20(18)26-22(13)15-7-9-17(19(25)11-15)14-5-3-2-4-6-14/h2-12H,1H3,(H,27,28). The first-order valence-corrected chi connectivity index (χ1v) is 8.64. The summed E-state index contributed by atoms with van der Waals surface area (Å²) in [6.45, 7) is 1.60. The smallest absolute Gasteiger partial charge is 0.336 e. The summed E-state index contributed by atoms with van der Waals surface area (Å²) in [6, 6.07) is 17.6. The fourth-order valence-electron chi connectivity index (χ4n) is 3.40. The second kappa shape index (κ2) is 6.85. The molecule has 0 atom stereocenters. The Balaban J connectivity index is 1.92. The van der Waals surface area contributed by atoms with Crippen LogP contribution in [0.4, 0.5) is 8.78 Å². The highest BCUT2D eigenvalue weighted by atomic mass is 19.1. The van der Waals surface area contributed by atoms with E-state index < -0.39 is 17.6 Å². The zero-order valence-electron chi connectivity index (χ0n) is 14.9. The molecular formula is C23H15F2NO2. The molecule has 0 aliphatic carbocycles. The van der Waals surface area contributed by atoms with Crippen molar-refractivity contribution < 1.29 is 18.7 Å². The van der Waals surface area contributed by atoms with Gasteiger partial charge < -0.3 is 5.11 Å². The van der Waals surface area contributed by atoms with Crippen molar-refractivity contribution >= 4 is 16.9 Å². The normalized spacial score (nSPS) is 11.0. The van der Waals surface area contributed by atoms with Gasteiger partial charge in [0.1, 0.15) is 11.6 Å². The molecule has 0 aliphatic rings. The monoisotopic (exact) mass is 375 g/mol. The van der Waals surface area contributed by atoms with Gasteiger partial charge in [-0.1, -0.05) is 42.5 Å². The van der Waals surface area contributed by atoms with Gasteiger partial charge in [-0.3, -0.25) is 0 Å². The Morgan fingerprint density at radius 1 is 0.929 bits per heavy atom. The van der Waals surface area contributed by atoms with Crippen LogP contribution in [0, 0.1) is 18.6 Å². The van der Waals surface area contributed by atoms with Crippen LogP contribution in [0.2, 0.25) is 0 Å². The van der Waals surface area contributed by atoms with E-state index >= 15 is 0 Å². The van der Waals surface area contributed by atoms with E-state index in [9.17, 15) is 18.7 Å². The Labute approximate surface area is 159 Å². The lowest BCUT2D eigenvalue weighted by Gasteiger charge is -2.13. The maximum atomic E-state index is 14.8. The third-order valence-electron chi connectivity index (χ3n) is 4.73. The first-order chi connectivity index (χ1) is 13.5. The molecule has 0 saturated heterocycles. The molecule has 4 aromatic rings. The van der Waals surface area contributed by atoms with E-state index in [4.69, 9.17) is 0 Å². The van der Waals surface area contributed by atoms with Crippen molar-refractivity contribution in [3.05, 3.63) is 89.5 Å². The third kappa shape index (κ3) is 3.01. The third-order valence-corrected chi connectivity index (χ3v) is 4.73. The lowest BCUT2D eigenvalue weighted by molar-refractivity contribution is 0.0698. The minimum absolute atomic E-state index is 0.0351. The summed E-state index contributed by atoms with van der Waals surface area (Å²) in [5.74, 6) is -2.15. The summed E-state index contributed by atoms with van der Waals surface area (Å²) in [5, 5.41) is 9.87. The second-order valence-corrected chi connectivity index (χ2v) is 6.49. The number of aromatic nitrogens is 1. The van der Waals surface area contributed by atoms with Crippen molar-refractivity contribution in [3.63, 3.8) is 0 Å². The van der Waals surface area contributed by atoms with Gasteiger partial charge in [-0.05, 0) is 42.3 Å². The highest BCUT2D eigenvalue weighted by Gasteiger charge is 2.19. The van der Waals surface area contributed by atoms with Gasteiger partial charge in [-0.25, -0.2) is 18.6 Å². The number of carboxylic acid groups (broad SMARTS) is 1. The molecule has 0 spiro atoms. The molecule has 0 radical (unpaired) electrons. The lowest BCUT2D eigenvalue weighted by Crippen LogP contribution is -2.05. The van der Waals surface area contributed by atoms with E-state index in [0.29, 0.717) is 27.9 Å². The van der Waals surface area contributed by atoms with Gasteiger partial charge in [-0.2, -0.15) is 0 Å². The van der Waals surface area contributed by atoms with E-state index in [1.807, 2.05) is 30.3 Å². The summed E-state index contributed by atoms with van der Waals surface area (Å²) in [5.41, 5.74) is 2.68. The summed E-state index contributed by atoms with van der Waals surface area (Å²) in [7, 11) is 0. The molecule has 28 heavy (non-hydrogen) atoms. The molecule has 0 bridgehead atoms. The minimum Gasteiger partial charge on any atom is -0.478 e. The number of pyridine rings is 1. The average Bonchev–Trinajstić information content (AvgIpc) is 2.67. The molecule has 0 aliphatic heterocycles. The molecule has 0 amide bonds. The molecule has 0 unspecified atom stereocenters. The SMILES string of the molecule is Cc1c(-c2ccc(-c3ccccc3)c(F)c2)nc2ccc(F)cc2c1C(=O)O. The molecule has 4 rings (SSSR count). The van der Waals surface area contributed by atoms with Gasteiger partial charge >= 0.3 is 5.97 Å². The number of hydrogen-bond donors (Lipinski definition) is 1. The van der Waals surface area contributed by atoms with Gasteiger partial charge in [0.15, 0.2) is 0 Å².